The van der Waals surface area contributed by atoms with Gasteiger partial charge in [-0.05, 0) is 18.6 Å². The third kappa shape index (κ3) is 3.42. The number of rotatable bonds is 6. The Hall–Kier alpha value is -1.30. The Labute approximate surface area is 127 Å². The van der Waals surface area contributed by atoms with E-state index in [-0.39, 0.29) is 0 Å². The fourth-order valence-corrected chi connectivity index (χ4v) is 2.79. The summed E-state index contributed by atoms with van der Waals surface area (Å²) in [6.45, 7) is 3.37. The fraction of sp³-hybridized carbons (Fsp3) is 0.357. The molecule has 1 heterocycles. The van der Waals surface area contributed by atoms with Gasteiger partial charge >= 0.3 is 0 Å². The zero-order valence-electron chi connectivity index (χ0n) is 11.7. The second-order valence-corrected chi connectivity index (χ2v) is 5.68. The Morgan fingerprint density at radius 3 is 2.65 bits per heavy atom. The highest BCUT2D eigenvalue weighted by atomic mass is 35.5. The molecule has 4 nitrogen and oxygen atoms in total. The first-order valence-corrected chi connectivity index (χ1v) is 7.42. The lowest BCUT2D eigenvalue weighted by atomic mass is 10.2. The zero-order valence-corrected chi connectivity index (χ0v) is 13.3. The molecule has 0 atom stereocenters. The van der Waals surface area contributed by atoms with Gasteiger partial charge in [0.2, 0.25) is 0 Å². The number of methoxy groups -OCH3 is 2. The monoisotopic (exact) mass is 312 g/mol. The molecular weight excluding hydrogens is 296 g/mol. The van der Waals surface area contributed by atoms with Gasteiger partial charge in [0.25, 0.3) is 0 Å². The quantitative estimate of drug-likeness (QED) is 0.887. The normalized spacial score (nSPS) is 10.6. The number of nitrogens with one attached hydrogen (secondary N) is 1. The van der Waals surface area contributed by atoms with Crippen molar-refractivity contribution in [1.29, 1.82) is 0 Å². The summed E-state index contributed by atoms with van der Waals surface area (Å²) in [7, 11) is 3.18. The molecule has 108 valence electrons. The van der Waals surface area contributed by atoms with Crippen LogP contribution >= 0.6 is 22.9 Å². The van der Waals surface area contributed by atoms with Crippen molar-refractivity contribution in [2.24, 2.45) is 0 Å². The summed E-state index contributed by atoms with van der Waals surface area (Å²) in [5, 5.41) is 7.03. The van der Waals surface area contributed by atoms with Crippen LogP contribution in [-0.4, -0.2) is 19.2 Å². The molecular formula is C14H17ClN2O2S. The highest BCUT2D eigenvalue weighted by Crippen LogP contribution is 2.37. The number of hydrogen-bond acceptors (Lipinski definition) is 5. The van der Waals surface area contributed by atoms with E-state index >= 15 is 0 Å². The topological polar surface area (TPSA) is 43.4 Å². The molecule has 0 unspecified atom stereocenters. The Morgan fingerprint density at radius 1 is 1.25 bits per heavy atom. The van der Waals surface area contributed by atoms with Gasteiger partial charge in [0, 0.05) is 18.5 Å². The maximum atomic E-state index is 6.32. The summed E-state index contributed by atoms with van der Waals surface area (Å²) in [6, 6.07) is 3.79. The van der Waals surface area contributed by atoms with E-state index in [9.17, 15) is 0 Å². The van der Waals surface area contributed by atoms with Crippen LogP contribution in [0.15, 0.2) is 17.5 Å². The van der Waals surface area contributed by atoms with E-state index in [1.54, 1.807) is 25.6 Å². The molecule has 0 fully saturated rings. The lowest BCUT2D eigenvalue weighted by Crippen LogP contribution is -2.13. The lowest BCUT2D eigenvalue weighted by molar-refractivity contribution is 0.354. The molecule has 20 heavy (non-hydrogen) atoms. The Morgan fingerprint density at radius 2 is 2.05 bits per heavy atom. The highest BCUT2D eigenvalue weighted by Gasteiger charge is 2.12. The molecule has 0 saturated carbocycles. The van der Waals surface area contributed by atoms with Crippen molar-refractivity contribution in [3.05, 3.63) is 38.8 Å². The third-order valence-corrected chi connectivity index (χ3v) is 4.09. The first-order chi connectivity index (χ1) is 9.65. The van der Waals surface area contributed by atoms with Crippen LogP contribution in [-0.2, 0) is 13.1 Å². The van der Waals surface area contributed by atoms with Crippen molar-refractivity contribution in [1.82, 2.24) is 10.3 Å². The summed E-state index contributed by atoms with van der Waals surface area (Å²) in [4.78, 5) is 4.40. The molecule has 0 aliphatic heterocycles. The molecule has 0 saturated heterocycles. The summed E-state index contributed by atoms with van der Waals surface area (Å²) >= 11 is 7.97. The van der Waals surface area contributed by atoms with E-state index in [0.717, 1.165) is 22.8 Å². The van der Waals surface area contributed by atoms with Crippen LogP contribution in [0.25, 0.3) is 0 Å². The number of thiazole rings is 1. The van der Waals surface area contributed by atoms with Gasteiger partial charge in [-0.1, -0.05) is 17.7 Å². The third-order valence-electron chi connectivity index (χ3n) is 2.85. The van der Waals surface area contributed by atoms with Gasteiger partial charge in [-0.25, -0.2) is 4.98 Å². The average molecular weight is 313 g/mol. The number of benzene rings is 1. The highest BCUT2D eigenvalue weighted by molar-refractivity contribution is 7.09. The fourth-order valence-electron chi connectivity index (χ4n) is 1.88. The van der Waals surface area contributed by atoms with E-state index in [2.05, 4.69) is 15.7 Å². The van der Waals surface area contributed by atoms with Crippen molar-refractivity contribution in [2.75, 3.05) is 14.2 Å². The molecule has 0 spiro atoms. The van der Waals surface area contributed by atoms with Gasteiger partial charge in [0.15, 0.2) is 11.5 Å². The van der Waals surface area contributed by atoms with Crippen LogP contribution in [0.1, 0.15) is 16.3 Å². The minimum absolute atomic E-state index is 0.568. The maximum Gasteiger partial charge on any atom is 0.179 e. The molecule has 2 rings (SSSR count). The van der Waals surface area contributed by atoms with Gasteiger partial charge < -0.3 is 14.8 Å². The predicted octanol–water partition coefficient (Wildman–Crippen LogP) is 3.41. The largest absolute Gasteiger partial charge is 0.493 e. The Bertz CT molecular complexity index is 587. The number of aromatic nitrogens is 1. The Balaban J connectivity index is 2.02. The van der Waals surface area contributed by atoms with E-state index in [1.807, 2.05) is 19.1 Å². The van der Waals surface area contributed by atoms with Crippen LogP contribution in [0, 0.1) is 6.92 Å². The summed E-state index contributed by atoms with van der Waals surface area (Å²) in [5.74, 6) is 1.20. The van der Waals surface area contributed by atoms with Crippen LogP contribution in [0.3, 0.4) is 0 Å². The minimum atomic E-state index is 0.568. The molecule has 6 heteroatoms. The first kappa shape index (κ1) is 15.1. The van der Waals surface area contributed by atoms with Gasteiger partial charge in [-0.3, -0.25) is 0 Å². The molecule has 0 bridgehead atoms. The molecule has 0 aliphatic carbocycles. The molecule has 1 aromatic carbocycles. The number of aryl methyl sites for hydroxylation is 1. The van der Waals surface area contributed by atoms with Gasteiger partial charge in [0.05, 0.1) is 29.9 Å². The van der Waals surface area contributed by atoms with E-state index in [0.29, 0.717) is 23.1 Å². The van der Waals surface area contributed by atoms with Crippen LogP contribution in [0.5, 0.6) is 11.5 Å². The zero-order chi connectivity index (χ0) is 14.5. The summed E-state index contributed by atoms with van der Waals surface area (Å²) < 4.78 is 10.5. The van der Waals surface area contributed by atoms with Gasteiger partial charge in [0.1, 0.15) is 0 Å². The second-order valence-electron chi connectivity index (χ2n) is 4.24. The SMILES string of the molecule is COc1ccc(CNCc2csc(C)n2)c(Cl)c1OC. The molecule has 2 aromatic rings. The summed E-state index contributed by atoms with van der Waals surface area (Å²) in [5.41, 5.74) is 2.01. The average Bonchev–Trinajstić information content (AvgIpc) is 2.86. The van der Waals surface area contributed by atoms with Crippen molar-refractivity contribution < 1.29 is 9.47 Å². The van der Waals surface area contributed by atoms with Crippen molar-refractivity contribution >= 4 is 22.9 Å². The number of ether oxygens (including phenoxy) is 2. The van der Waals surface area contributed by atoms with Gasteiger partial charge in [-0.2, -0.15) is 0 Å². The Kier molecular flexibility index (Phi) is 5.23. The van der Waals surface area contributed by atoms with Crippen molar-refractivity contribution in [3.8, 4) is 11.5 Å². The van der Waals surface area contributed by atoms with Gasteiger partial charge in [-0.15, -0.1) is 11.3 Å². The maximum absolute atomic E-state index is 6.32. The van der Waals surface area contributed by atoms with E-state index in [1.165, 1.54) is 0 Å². The minimum Gasteiger partial charge on any atom is -0.493 e. The van der Waals surface area contributed by atoms with Crippen molar-refractivity contribution in [3.63, 3.8) is 0 Å². The smallest absolute Gasteiger partial charge is 0.179 e. The molecule has 1 aromatic heterocycles. The van der Waals surface area contributed by atoms with E-state index in [4.69, 9.17) is 21.1 Å². The number of hydrogen-bond donors (Lipinski definition) is 1. The molecule has 0 radical (unpaired) electrons. The van der Waals surface area contributed by atoms with Crippen LogP contribution in [0.4, 0.5) is 0 Å². The van der Waals surface area contributed by atoms with Crippen LogP contribution < -0.4 is 14.8 Å². The molecule has 0 aliphatic rings. The second kappa shape index (κ2) is 6.92. The molecule has 0 amide bonds. The first-order valence-electron chi connectivity index (χ1n) is 6.16. The standard InChI is InChI=1S/C14H17ClN2O2S/c1-9-17-11(8-20-9)7-16-6-10-4-5-12(18-2)14(19-3)13(10)15/h4-5,8,16H,6-7H2,1-3H3. The van der Waals surface area contributed by atoms with Crippen LogP contribution in [0.2, 0.25) is 5.02 Å². The molecule has 1 N–H and O–H groups in total. The number of halogens is 1. The number of nitrogens with zero attached hydrogens (tertiary/aromatic N) is 1. The predicted molar refractivity (Wildman–Crippen MR) is 82.0 cm³/mol. The van der Waals surface area contributed by atoms with E-state index < -0.39 is 0 Å². The van der Waals surface area contributed by atoms with Crippen molar-refractivity contribution in [2.45, 2.75) is 20.0 Å². The lowest BCUT2D eigenvalue weighted by Gasteiger charge is -2.13. The summed E-state index contributed by atoms with van der Waals surface area (Å²) in [6.07, 6.45) is 0.